The molecule has 4 rings (SSSR count). The van der Waals surface area contributed by atoms with Crippen LogP contribution in [-0.2, 0) is 11.3 Å². The highest BCUT2D eigenvalue weighted by Crippen LogP contribution is 2.40. The summed E-state index contributed by atoms with van der Waals surface area (Å²) in [6.45, 7) is 3.99. The molecule has 174 valence electrons. The van der Waals surface area contributed by atoms with Gasteiger partial charge in [0.05, 0.1) is 18.6 Å². The average Bonchev–Trinajstić information content (AvgIpc) is 3.35. The number of nitrogens with zero attached hydrogens (tertiary/aromatic N) is 1. The van der Waals surface area contributed by atoms with E-state index >= 15 is 0 Å². The molecule has 0 aliphatic rings. The Hall–Kier alpha value is -3.97. The SMILES string of the molecule is CC(C)(C[C@H](N)C(=O)O)C(=O)c1cccc(NCc2cnc[nH]2)c1-c1cccc2ccccc12. The van der Waals surface area contributed by atoms with Gasteiger partial charge in [0.15, 0.2) is 5.78 Å². The van der Waals surface area contributed by atoms with Crippen LogP contribution in [0.2, 0.25) is 0 Å². The van der Waals surface area contributed by atoms with E-state index in [9.17, 15) is 14.7 Å². The Kier molecular flexibility index (Phi) is 6.47. The molecule has 0 radical (unpaired) electrons. The highest BCUT2D eigenvalue weighted by molar-refractivity contribution is 6.11. The number of aromatic nitrogens is 2. The molecule has 1 heterocycles. The molecule has 1 aromatic heterocycles. The van der Waals surface area contributed by atoms with Crippen LogP contribution in [0.5, 0.6) is 0 Å². The first-order valence-corrected chi connectivity index (χ1v) is 11.1. The van der Waals surface area contributed by atoms with Crippen molar-refractivity contribution < 1.29 is 14.7 Å². The standard InChI is InChI=1S/C27H28N4O3/c1-27(2,13-22(28)26(33)34)25(32)21-11-6-12-23(30-15-18-14-29-16-31-18)24(21)20-10-5-8-17-7-3-4-9-19(17)20/h3-12,14,16,22,30H,13,15,28H2,1-2H3,(H,29,31)(H,33,34)/t22-/m0/s1. The molecule has 5 N–H and O–H groups in total. The molecular weight excluding hydrogens is 428 g/mol. The fraction of sp³-hybridized carbons (Fsp3) is 0.222. The summed E-state index contributed by atoms with van der Waals surface area (Å²) in [6.07, 6.45) is 3.40. The molecule has 0 saturated heterocycles. The van der Waals surface area contributed by atoms with Gasteiger partial charge in [-0.25, -0.2) is 4.98 Å². The lowest BCUT2D eigenvalue weighted by molar-refractivity contribution is -0.139. The largest absolute Gasteiger partial charge is 0.480 e. The van der Waals surface area contributed by atoms with Crippen LogP contribution < -0.4 is 11.1 Å². The number of benzene rings is 3. The van der Waals surface area contributed by atoms with E-state index in [0.717, 1.165) is 33.3 Å². The van der Waals surface area contributed by atoms with E-state index in [0.29, 0.717) is 12.1 Å². The highest BCUT2D eigenvalue weighted by atomic mass is 16.4. The van der Waals surface area contributed by atoms with Gasteiger partial charge >= 0.3 is 5.97 Å². The molecule has 3 aromatic carbocycles. The molecule has 0 saturated carbocycles. The number of hydrogen-bond acceptors (Lipinski definition) is 5. The lowest BCUT2D eigenvalue weighted by atomic mass is 9.77. The van der Waals surface area contributed by atoms with E-state index in [1.165, 1.54) is 0 Å². The van der Waals surface area contributed by atoms with Crippen molar-refractivity contribution in [1.82, 2.24) is 9.97 Å². The van der Waals surface area contributed by atoms with E-state index in [1.54, 1.807) is 32.4 Å². The Labute approximate surface area is 198 Å². The van der Waals surface area contributed by atoms with Gasteiger partial charge in [0.1, 0.15) is 6.04 Å². The van der Waals surface area contributed by atoms with Crippen molar-refractivity contribution in [3.05, 3.63) is 84.4 Å². The smallest absolute Gasteiger partial charge is 0.320 e. The Balaban J connectivity index is 1.85. The van der Waals surface area contributed by atoms with E-state index in [4.69, 9.17) is 5.73 Å². The zero-order valence-corrected chi connectivity index (χ0v) is 19.2. The average molecular weight is 457 g/mol. The number of H-pyrrole nitrogens is 1. The maximum atomic E-state index is 13.8. The number of nitrogens with one attached hydrogen (secondary N) is 2. The maximum absolute atomic E-state index is 13.8. The number of Topliss-reactive ketones (excluding diaryl/α,β-unsaturated/α-hetero) is 1. The van der Waals surface area contributed by atoms with Crippen molar-refractivity contribution in [2.45, 2.75) is 32.9 Å². The summed E-state index contributed by atoms with van der Waals surface area (Å²) in [5.74, 6) is -1.28. The van der Waals surface area contributed by atoms with Crippen molar-refractivity contribution in [2.75, 3.05) is 5.32 Å². The Morgan fingerprint density at radius 1 is 1.09 bits per heavy atom. The van der Waals surface area contributed by atoms with Crippen LogP contribution in [0.25, 0.3) is 21.9 Å². The molecule has 0 fully saturated rings. The Bertz CT molecular complexity index is 1320. The third-order valence-corrected chi connectivity index (χ3v) is 6.05. The monoisotopic (exact) mass is 456 g/mol. The Morgan fingerprint density at radius 3 is 2.56 bits per heavy atom. The van der Waals surface area contributed by atoms with Gasteiger partial charge in [-0.2, -0.15) is 0 Å². The number of anilines is 1. The van der Waals surface area contributed by atoms with Crippen molar-refractivity contribution in [2.24, 2.45) is 11.1 Å². The molecule has 0 aliphatic heterocycles. The molecule has 0 amide bonds. The molecule has 0 aliphatic carbocycles. The molecule has 7 nitrogen and oxygen atoms in total. The zero-order valence-electron chi connectivity index (χ0n) is 19.2. The predicted octanol–water partition coefficient (Wildman–Crippen LogP) is 4.85. The molecule has 7 heteroatoms. The number of aliphatic carboxylic acids is 1. The second kappa shape index (κ2) is 9.49. The van der Waals surface area contributed by atoms with E-state index < -0.39 is 17.4 Å². The van der Waals surface area contributed by atoms with Crippen LogP contribution in [0.3, 0.4) is 0 Å². The first-order valence-electron chi connectivity index (χ1n) is 11.1. The lowest BCUT2D eigenvalue weighted by Gasteiger charge is -2.27. The summed E-state index contributed by atoms with van der Waals surface area (Å²) < 4.78 is 0. The molecule has 34 heavy (non-hydrogen) atoms. The van der Waals surface area contributed by atoms with Gasteiger partial charge in [0.25, 0.3) is 0 Å². The van der Waals surface area contributed by atoms with Crippen molar-refractivity contribution in [3.63, 3.8) is 0 Å². The zero-order chi connectivity index (χ0) is 24.3. The van der Waals surface area contributed by atoms with E-state index in [2.05, 4.69) is 15.3 Å². The maximum Gasteiger partial charge on any atom is 0.320 e. The third kappa shape index (κ3) is 4.70. The summed E-state index contributed by atoms with van der Waals surface area (Å²) in [4.78, 5) is 32.4. The number of hydrogen-bond donors (Lipinski definition) is 4. The number of rotatable bonds is 9. The minimum absolute atomic E-state index is 0.0297. The number of carbonyl (C=O) groups excluding carboxylic acids is 1. The lowest BCUT2D eigenvalue weighted by Crippen LogP contribution is -2.38. The molecular formula is C27H28N4O3. The molecule has 1 atom stereocenters. The fourth-order valence-corrected chi connectivity index (χ4v) is 4.29. The normalized spacial score (nSPS) is 12.4. The van der Waals surface area contributed by atoms with Gasteiger partial charge in [-0.1, -0.05) is 68.4 Å². The van der Waals surface area contributed by atoms with Crippen molar-refractivity contribution >= 4 is 28.2 Å². The topological polar surface area (TPSA) is 121 Å². The van der Waals surface area contributed by atoms with Crippen LogP contribution in [0.1, 0.15) is 36.3 Å². The number of carboxylic acid groups (broad SMARTS) is 1. The summed E-state index contributed by atoms with van der Waals surface area (Å²) in [6, 6.07) is 18.5. The van der Waals surface area contributed by atoms with Crippen LogP contribution in [-0.4, -0.2) is 32.9 Å². The van der Waals surface area contributed by atoms with Gasteiger partial charge in [0.2, 0.25) is 0 Å². The summed E-state index contributed by atoms with van der Waals surface area (Å²) >= 11 is 0. The second-order valence-corrected chi connectivity index (χ2v) is 9.05. The minimum Gasteiger partial charge on any atom is -0.480 e. The van der Waals surface area contributed by atoms with Crippen LogP contribution in [0, 0.1) is 5.41 Å². The molecule has 0 unspecified atom stereocenters. The van der Waals surface area contributed by atoms with Gasteiger partial charge in [-0.3, -0.25) is 9.59 Å². The highest BCUT2D eigenvalue weighted by Gasteiger charge is 2.34. The molecule has 0 bridgehead atoms. The van der Waals surface area contributed by atoms with Crippen molar-refractivity contribution in [1.29, 1.82) is 0 Å². The number of imidazole rings is 1. The number of fused-ring (bicyclic) bond motifs is 1. The van der Waals surface area contributed by atoms with Gasteiger partial charge in [-0.05, 0) is 28.8 Å². The number of carbonyl (C=O) groups is 2. The van der Waals surface area contributed by atoms with E-state index in [1.807, 2.05) is 54.6 Å². The minimum atomic E-state index is -1.12. The third-order valence-electron chi connectivity index (χ3n) is 6.05. The van der Waals surface area contributed by atoms with Crippen LogP contribution in [0.15, 0.2) is 73.2 Å². The molecule has 4 aromatic rings. The van der Waals surface area contributed by atoms with Crippen molar-refractivity contribution in [3.8, 4) is 11.1 Å². The van der Waals surface area contributed by atoms with Gasteiger partial charge in [0, 0.05) is 28.4 Å². The van der Waals surface area contributed by atoms with E-state index in [-0.39, 0.29) is 12.2 Å². The first-order chi connectivity index (χ1) is 16.3. The summed E-state index contributed by atoms with van der Waals surface area (Å²) in [5.41, 5.74) is 8.76. The fourth-order valence-electron chi connectivity index (χ4n) is 4.29. The number of ketones is 1. The Morgan fingerprint density at radius 2 is 1.82 bits per heavy atom. The quantitative estimate of drug-likeness (QED) is 0.267. The predicted molar refractivity (Wildman–Crippen MR) is 134 cm³/mol. The second-order valence-electron chi connectivity index (χ2n) is 9.05. The van der Waals surface area contributed by atoms with Gasteiger partial charge in [-0.15, -0.1) is 0 Å². The number of nitrogens with two attached hydrogens (primary N) is 1. The summed E-state index contributed by atoms with van der Waals surface area (Å²) in [7, 11) is 0. The number of carboxylic acids is 1. The van der Waals surface area contributed by atoms with Crippen LogP contribution >= 0.6 is 0 Å². The number of aromatic amines is 1. The van der Waals surface area contributed by atoms with Gasteiger partial charge < -0.3 is 21.1 Å². The first kappa shape index (κ1) is 23.2. The summed E-state index contributed by atoms with van der Waals surface area (Å²) in [5, 5.41) is 14.8. The van der Waals surface area contributed by atoms with Crippen LogP contribution in [0.4, 0.5) is 5.69 Å². The molecule has 0 spiro atoms.